The van der Waals surface area contributed by atoms with Gasteiger partial charge in [0.25, 0.3) is 0 Å². The van der Waals surface area contributed by atoms with Crippen LogP contribution in [0.2, 0.25) is 0 Å². The van der Waals surface area contributed by atoms with Crippen LogP contribution in [0.15, 0.2) is 79.1 Å². The minimum Gasteiger partial charge on any atom is -0.385 e. The van der Waals surface area contributed by atoms with E-state index < -0.39 is 5.60 Å². The molecule has 0 radical (unpaired) electrons. The highest BCUT2D eigenvalue weighted by atomic mass is 127. The Morgan fingerprint density at radius 1 is 1.24 bits per heavy atom. The second-order valence-electron chi connectivity index (χ2n) is 10.3. The zero-order valence-electron chi connectivity index (χ0n) is 20.6. The highest BCUT2D eigenvalue weighted by Gasteiger charge is 2.42. The van der Waals surface area contributed by atoms with Crippen molar-refractivity contribution in [1.29, 1.82) is 0 Å². The van der Waals surface area contributed by atoms with E-state index >= 15 is 0 Å². The van der Waals surface area contributed by atoms with Crippen LogP contribution in [-0.4, -0.2) is 14.0 Å². The van der Waals surface area contributed by atoms with Crippen molar-refractivity contribution >= 4 is 22.6 Å². The first-order valence-electron chi connectivity index (χ1n) is 12.2. The predicted molar refractivity (Wildman–Crippen MR) is 149 cm³/mol. The number of allylic oxidation sites excluding steroid dienone is 5. The monoisotopic (exact) mass is 573 g/mol. The summed E-state index contributed by atoms with van der Waals surface area (Å²) < 4.78 is 13.4. The molecule has 0 aliphatic heterocycles. The summed E-state index contributed by atoms with van der Waals surface area (Å²) in [6.07, 6.45) is 15.9. The van der Waals surface area contributed by atoms with Crippen LogP contribution in [0.3, 0.4) is 0 Å². The number of alkyl halides is 1. The molecule has 1 fully saturated rings. The Kier molecular flexibility index (Phi) is 9.27. The van der Waals surface area contributed by atoms with Gasteiger partial charge >= 0.3 is 0 Å². The number of rotatable bonds is 11. The van der Waals surface area contributed by atoms with Gasteiger partial charge in [0.15, 0.2) is 0 Å². The molecule has 1 aromatic carbocycles. The van der Waals surface area contributed by atoms with Crippen LogP contribution in [0.5, 0.6) is 0 Å². The van der Waals surface area contributed by atoms with Crippen molar-refractivity contribution in [3.8, 4) is 11.3 Å². The third kappa shape index (κ3) is 7.11. The van der Waals surface area contributed by atoms with Crippen molar-refractivity contribution in [1.82, 2.24) is 4.98 Å². The van der Waals surface area contributed by atoms with Crippen LogP contribution in [0.25, 0.3) is 11.3 Å². The molecule has 34 heavy (non-hydrogen) atoms. The lowest BCUT2D eigenvalue weighted by atomic mass is 9.68. The summed E-state index contributed by atoms with van der Waals surface area (Å²) in [6.45, 7) is 10.5. The molecule has 2 aromatic rings. The molecule has 1 aromatic heterocycles. The topological polar surface area (TPSA) is 33.1 Å². The molecule has 0 spiro atoms. The van der Waals surface area contributed by atoms with Crippen molar-refractivity contribution in [3.63, 3.8) is 0 Å². The van der Waals surface area contributed by atoms with E-state index in [9.17, 15) is 9.50 Å². The van der Waals surface area contributed by atoms with Gasteiger partial charge in [-0.05, 0) is 68.1 Å². The van der Waals surface area contributed by atoms with E-state index in [0.29, 0.717) is 6.42 Å². The second kappa shape index (κ2) is 11.8. The number of hydrogen-bond donors (Lipinski definition) is 1. The largest absolute Gasteiger partial charge is 0.385 e. The van der Waals surface area contributed by atoms with Crippen molar-refractivity contribution in [2.24, 2.45) is 11.3 Å². The van der Waals surface area contributed by atoms with Crippen LogP contribution >= 0.6 is 22.6 Å². The first-order chi connectivity index (χ1) is 16.1. The van der Waals surface area contributed by atoms with E-state index in [1.54, 1.807) is 6.07 Å². The summed E-state index contributed by atoms with van der Waals surface area (Å²) in [5.74, 6) is -0.0524. The van der Waals surface area contributed by atoms with Gasteiger partial charge in [0.1, 0.15) is 5.82 Å². The minimum absolute atomic E-state index is 0.123. The van der Waals surface area contributed by atoms with E-state index in [-0.39, 0.29) is 21.1 Å². The Balaban J connectivity index is 1.67. The van der Waals surface area contributed by atoms with Gasteiger partial charge in [0, 0.05) is 9.49 Å². The van der Waals surface area contributed by atoms with Crippen molar-refractivity contribution in [2.45, 2.75) is 68.8 Å². The molecule has 2 unspecified atom stereocenters. The van der Waals surface area contributed by atoms with Crippen LogP contribution in [0, 0.1) is 17.2 Å². The van der Waals surface area contributed by atoms with Gasteiger partial charge in [0.05, 0.1) is 17.5 Å². The summed E-state index contributed by atoms with van der Waals surface area (Å²) in [5, 5.41) is 11.8. The van der Waals surface area contributed by atoms with E-state index in [1.165, 1.54) is 24.3 Å². The number of hydrogen-bond acceptors (Lipinski definition) is 2. The first kappa shape index (κ1) is 26.8. The molecule has 1 saturated carbocycles. The first-order valence-corrected chi connectivity index (χ1v) is 13.4. The van der Waals surface area contributed by atoms with Crippen LogP contribution in [0.4, 0.5) is 4.39 Å². The van der Waals surface area contributed by atoms with Gasteiger partial charge in [-0.2, -0.15) is 0 Å². The van der Waals surface area contributed by atoms with Crippen molar-refractivity contribution < 1.29 is 9.50 Å². The maximum Gasteiger partial charge on any atom is 0.141 e. The lowest BCUT2D eigenvalue weighted by molar-refractivity contribution is -0.0607. The quantitative estimate of drug-likeness (QED) is 0.166. The van der Waals surface area contributed by atoms with Crippen LogP contribution in [-0.2, 0) is 5.60 Å². The van der Waals surface area contributed by atoms with E-state index in [1.807, 2.05) is 30.3 Å². The summed E-state index contributed by atoms with van der Waals surface area (Å²) in [4.78, 5) is 4.17. The number of pyridine rings is 1. The molecule has 3 rings (SSSR count). The third-order valence-corrected chi connectivity index (χ3v) is 7.78. The Morgan fingerprint density at radius 3 is 2.50 bits per heavy atom. The standard InChI is InChI=1S/C30H37FINO/c1-5-29(3,4)19-22(2)9-6-7-12-27(32)20-30(34,24-10-8-11-24)25-15-13-23(14-16-25)28-18-17-26(31)21-33-28/h5,7,9,12-18,21,24,27,34H,1,6,8,10-11,19-20H2,2-4H3/b12-7+,22-9+. The zero-order chi connectivity index (χ0) is 24.8. The summed E-state index contributed by atoms with van der Waals surface area (Å²) in [5.41, 5.74) is 3.27. The van der Waals surface area contributed by atoms with E-state index in [2.05, 4.69) is 73.2 Å². The van der Waals surface area contributed by atoms with Gasteiger partial charge in [-0.3, -0.25) is 4.98 Å². The Bertz CT molecular complexity index is 1010. The van der Waals surface area contributed by atoms with Gasteiger partial charge in [-0.1, -0.05) is 97.0 Å². The zero-order valence-corrected chi connectivity index (χ0v) is 22.8. The molecular formula is C30H37FINO. The highest BCUT2D eigenvalue weighted by Crippen LogP contribution is 2.46. The Labute approximate surface area is 218 Å². The molecule has 2 nitrogen and oxygen atoms in total. The van der Waals surface area contributed by atoms with Crippen molar-refractivity contribution in [3.05, 3.63) is 90.4 Å². The average molecular weight is 574 g/mol. The maximum atomic E-state index is 13.2. The van der Waals surface area contributed by atoms with Gasteiger partial charge in [-0.15, -0.1) is 6.58 Å². The highest BCUT2D eigenvalue weighted by molar-refractivity contribution is 14.1. The molecule has 1 aliphatic carbocycles. The minimum atomic E-state index is -0.844. The third-order valence-electron chi connectivity index (χ3n) is 6.93. The fourth-order valence-electron chi connectivity index (χ4n) is 4.61. The molecule has 1 N–H and O–H groups in total. The lowest BCUT2D eigenvalue weighted by Crippen LogP contribution is -2.40. The summed E-state index contributed by atoms with van der Waals surface area (Å²) in [7, 11) is 0. The molecular weight excluding hydrogens is 536 g/mol. The van der Waals surface area contributed by atoms with Crippen LogP contribution < -0.4 is 0 Å². The summed E-state index contributed by atoms with van der Waals surface area (Å²) in [6, 6.07) is 11.1. The van der Waals surface area contributed by atoms with E-state index in [4.69, 9.17) is 0 Å². The maximum absolute atomic E-state index is 13.2. The molecule has 0 saturated heterocycles. The number of nitrogens with zero attached hydrogens (tertiary/aromatic N) is 1. The van der Waals surface area contributed by atoms with Gasteiger partial charge < -0.3 is 5.11 Å². The molecule has 1 heterocycles. The molecule has 1 aliphatic rings. The number of aliphatic hydroxyl groups is 1. The SMILES string of the molecule is C=CC(C)(C)C/C(C)=C/C/C=C/C(I)CC(O)(c1ccc(-c2ccc(F)cn2)cc1)C1CCC1. The molecule has 2 atom stereocenters. The molecule has 0 amide bonds. The molecule has 182 valence electrons. The summed E-state index contributed by atoms with van der Waals surface area (Å²) >= 11 is 2.45. The van der Waals surface area contributed by atoms with Crippen molar-refractivity contribution in [2.75, 3.05) is 0 Å². The average Bonchev–Trinajstić information content (AvgIpc) is 2.76. The number of benzene rings is 1. The lowest BCUT2D eigenvalue weighted by Gasteiger charge is -2.43. The Hall–Kier alpha value is -1.79. The number of halogens is 2. The molecule has 0 bridgehead atoms. The van der Waals surface area contributed by atoms with Gasteiger partial charge in [-0.25, -0.2) is 4.39 Å². The fraction of sp³-hybridized carbons (Fsp3) is 0.433. The normalized spacial score (nSPS) is 17.9. The second-order valence-corrected chi connectivity index (χ2v) is 11.9. The number of aromatic nitrogens is 1. The Morgan fingerprint density at radius 2 is 1.94 bits per heavy atom. The van der Waals surface area contributed by atoms with Crippen LogP contribution in [0.1, 0.15) is 64.9 Å². The molecule has 4 heteroatoms. The smallest absolute Gasteiger partial charge is 0.141 e. The predicted octanol–water partition coefficient (Wildman–Crippen LogP) is 8.56. The van der Waals surface area contributed by atoms with E-state index in [0.717, 1.165) is 42.5 Å². The van der Waals surface area contributed by atoms with Gasteiger partial charge in [0.2, 0.25) is 0 Å². The fourth-order valence-corrected chi connectivity index (χ4v) is 5.57.